The Balaban J connectivity index is 0.000000440. The van der Waals surface area contributed by atoms with Crippen molar-refractivity contribution in [3.05, 3.63) is 47.5 Å². The van der Waals surface area contributed by atoms with Crippen molar-refractivity contribution in [2.75, 3.05) is 21.3 Å². The fourth-order valence-corrected chi connectivity index (χ4v) is 4.34. The summed E-state index contributed by atoms with van der Waals surface area (Å²) in [5, 5.41) is 13.9. The van der Waals surface area contributed by atoms with Crippen LogP contribution in [0.25, 0.3) is 0 Å². The first-order valence-electron chi connectivity index (χ1n) is 15.9. The molecule has 2 aromatic rings. The van der Waals surface area contributed by atoms with Crippen LogP contribution in [0.3, 0.4) is 0 Å². The van der Waals surface area contributed by atoms with E-state index in [0.29, 0.717) is 0 Å². The number of benzene rings is 2. The maximum Gasteiger partial charge on any atom is 0.168 e. The lowest BCUT2D eigenvalue weighted by atomic mass is 9.86. The normalized spacial score (nSPS) is 13.0. The van der Waals surface area contributed by atoms with Gasteiger partial charge in [-0.3, -0.25) is 9.59 Å². The molecule has 0 aliphatic carbocycles. The van der Waals surface area contributed by atoms with Crippen molar-refractivity contribution in [3.63, 3.8) is 0 Å². The molecule has 0 aliphatic rings. The van der Waals surface area contributed by atoms with Crippen molar-refractivity contribution < 1.29 is 9.59 Å². The Labute approximate surface area is 270 Å². The smallest absolute Gasteiger partial charge is 0.168 e. The molecule has 0 aromatic heterocycles. The second-order valence-corrected chi connectivity index (χ2v) is 18.2. The van der Waals surface area contributed by atoms with E-state index in [2.05, 4.69) is 110 Å². The van der Waals surface area contributed by atoms with Crippen LogP contribution >= 0.6 is 0 Å². The Morgan fingerprint density at radius 1 is 0.409 bits per heavy atom. The third-order valence-electron chi connectivity index (χ3n) is 5.90. The quantitative estimate of drug-likeness (QED) is 0.244. The van der Waals surface area contributed by atoms with Crippen LogP contribution in [0.4, 0.5) is 22.7 Å². The highest BCUT2D eigenvalue weighted by molar-refractivity contribution is 6.02. The molecule has 0 fully saturated rings. The number of carbonyl (C=O) groups is 2. The van der Waals surface area contributed by atoms with Crippen LogP contribution in [-0.4, -0.2) is 33.7 Å². The monoisotopic (exact) mass is 609 g/mol. The Hall–Kier alpha value is -3.02. The molecule has 2 rings (SSSR count). The zero-order valence-electron chi connectivity index (χ0n) is 31.3. The third-order valence-corrected chi connectivity index (χ3v) is 5.90. The van der Waals surface area contributed by atoms with Crippen LogP contribution in [0.5, 0.6) is 0 Å². The van der Waals surface area contributed by atoms with Gasteiger partial charge in [-0.25, -0.2) is 0 Å². The minimum absolute atomic E-state index is 0.0378. The van der Waals surface area contributed by atoms with E-state index in [0.717, 1.165) is 33.9 Å². The van der Waals surface area contributed by atoms with Gasteiger partial charge < -0.3 is 21.3 Å². The molecule has 6 heteroatoms. The topological polar surface area (TPSA) is 82.3 Å². The summed E-state index contributed by atoms with van der Waals surface area (Å²) >= 11 is 0. The summed E-state index contributed by atoms with van der Waals surface area (Å²) < 4.78 is 0. The van der Waals surface area contributed by atoms with E-state index < -0.39 is 0 Å². The van der Waals surface area contributed by atoms with Crippen LogP contribution in [-0.2, 0) is 0 Å². The molecule has 0 bridgehead atoms. The van der Waals surface area contributed by atoms with Gasteiger partial charge in [0.25, 0.3) is 0 Å². The highest BCUT2D eigenvalue weighted by Crippen LogP contribution is 2.32. The zero-order valence-corrected chi connectivity index (χ0v) is 31.3. The molecule has 6 nitrogen and oxygen atoms in total. The molecule has 0 heterocycles. The number of Topliss-reactive ketones (excluding diaryl/α,β-unsaturated/α-hetero) is 2. The first kappa shape index (κ1) is 39.0. The molecular weight excluding hydrogens is 544 g/mol. The standard InChI is InChI=1S/2C19H32N2O/c1-17(2,3)16(22)13-10-14(20-18(4,5)6)12-15(11-13)21-19(7,8)9;1-17(2,3)16(22)13-10-11-14(20-18(4,5)6)15(12-13)21-19(7,8)9/h2*10-12,20-21H,1-9H3. The third kappa shape index (κ3) is 14.6. The molecule has 0 saturated heterocycles. The number of carbonyl (C=O) groups excluding carboxylic acids is 2. The molecule has 0 aliphatic heterocycles. The summed E-state index contributed by atoms with van der Waals surface area (Å²) in [5.74, 6) is 0.314. The van der Waals surface area contributed by atoms with E-state index in [1.165, 1.54) is 0 Å². The largest absolute Gasteiger partial charge is 0.380 e. The van der Waals surface area contributed by atoms with E-state index in [9.17, 15) is 9.59 Å². The Morgan fingerprint density at radius 3 is 1.09 bits per heavy atom. The van der Waals surface area contributed by atoms with Gasteiger partial charge in [-0.15, -0.1) is 0 Å². The molecule has 0 unspecified atom stereocenters. The van der Waals surface area contributed by atoms with Gasteiger partial charge in [0.1, 0.15) is 0 Å². The van der Waals surface area contributed by atoms with Gasteiger partial charge in [0.05, 0.1) is 11.4 Å². The zero-order chi connectivity index (χ0) is 34.7. The maximum atomic E-state index is 12.6. The molecule has 0 atom stereocenters. The molecular formula is C38H64N4O2. The average Bonchev–Trinajstić information content (AvgIpc) is 2.74. The summed E-state index contributed by atoms with van der Waals surface area (Å²) in [4.78, 5) is 25.2. The summed E-state index contributed by atoms with van der Waals surface area (Å²) in [6.07, 6.45) is 0. The van der Waals surface area contributed by atoms with Crippen molar-refractivity contribution in [2.24, 2.45) is 10.8 Å². The van der Waals surface area contributed by atoms with Crippen molar-refractivity contribution in [1.82, 2.24) is 0 Å². The molecule has 44 heavy (non-hydrogen) atoms. The Bertz CT molecular complexity index is 1250. The van der Waals surface area contributed by atoms with Crippen molar-refractivity contribution in [3.8, 4) is 0 Å². The Kier molecular flexibility index (Phi) is 12.0. The lowest BCUT2D eigenvalue weighted by Gasteiger charge is -2.29. The van der Waals surface area contributed by atoms with E-state index in [1.54, 1.807) is 0 Å². The molecule has 4 N–H and O–H groups in total. The van der Waals surface area contributed by atoms with Crippen molar-refractivity contribution in [1.29, 1.82) is 0 Å². The highest BCUT2D eigenvalue weighted by atomic mass is 16.1. The lowest BCUT2D eigenvalue weighted by molar-refractivity contribution is 0.0852. The summed E-state index contributed by atoms with van der Waals surface area (Å²) in [6.45, 7) is 37.1. The summed E-state index contributed by atoms with van der Waals surface area (Å²) in [7, 11) is 0. The number of hydrogen-bond acceptors (Lipinski definition) is 6. The van der Waals surface area contributed by atoms with Gasteiger partial charge in [0.2, 0.25) is 0 Å². The van der Waals surface area contributed by atoms with Gasteiger partial charge in [0, 0.05) is 55.5 Å². The molecule has 0 radical (unpaired) electrons. The minimum Gasteiger partial charge on any atom is -0.380 e. The number of anilines is 4. The van der Waals surface area contributed by atoms with Gasteiger partial charge in [0.15, 0.2) is 11.6 Å². The number of hydrogen-bond donors (Lipinski definition) is 4. The first-order chi connectivity index (χ1) is 19.4. The number of ketones is 2. The molecule has 0 spiro atoms. The molecule has 0 amide bonds. The van der Waals surface area contributed by atoms with Gasteiger partial charge in [-0.2, -0.15) is 0 Å². The summed E-state index contributed by atoms with van der Waals surface area (Å²) in [6, 6.07) is 11.8. The predicted octanol–water partition coefficient (Wildman–Crippen LogP) is 10.7. The van der Waals surface area contributed by atoms with Crippen LogP contribution in [0, 0.1) is 10.8 Å². The first-order valence-corrected chi connectivity index (χ1v) is 15.9. The fraction of sp³-hybridized carbons (Fsp3) is 0.632. The molecule has 248 valence electrons. The Morgan fingerprint density at radius 2 is 0.750 bits per heavy atom. The molecule has 2 aromatic carbocycles. The van der Waals surface area contributed by atoms with Crippen LogP contribution < -0.4 is 21.3 Å². The van der Waals surface area contributed by atoms with E-state index in [-0.39, 0.29) is 44.6 Å². The second kappa shape index (κ2) is 13.5. The SMILES string of the molecule is CC(C)(C)Nc1cc(NC(C)(C)C)cc(C(=O)C(C)(C)C)c1.CC(C)(C)Nc1ccc(C(=O)C(C)(C)C)cc1NC(C)(C)C. The van der Waals surface area contributed by atoms with E-state index >= 15 is 0 Å². The number of nitrogens with one attached hydrogen (secondary N) is 4. The highest BCUT2D eigenvalue weighted by Gasteiger charge is 2.26. The average molecular weight is 609 g/mol. The van der Waals surface area contributed by atoms with Gasteiger partial charge >= 0.3 is 0 Å². The van der Waals surface area contributed by atoms with E-state index in [1.807, 2.05) is 71.9 Å². The maximum absolute atomic E-state index is 12.6. The fourth-order valence-electron chi connectivity index (χ4n) is 4.34. The molecule has 0 saturated carbocycles. The van der Waals surface area contributed by atoms with Crippen molar-refractivity contribution in [2.45, 2.75) is 147 Å². The summed E-state index contributed by atoms with van der Waals surface area (Å²) in [5.41, 5.74) is 4.44. The van der Waals surface area contributed by atoms with Gasteiger partial charge in [-0.05, 0) is 119 Å². The van der Waals surface area contributed by atoms with Crippen molar-refractivity contribution >= 4 is 34.3 Å². The number of rotatable bonds is 6. The van der Waals surface area contributed by atoms with Crippen LogP contribution in [0.2, 0.25) is 0 Å². The van der Waals surface area contributed by atoms with Crippen LogP contribution in [0.15, 0.2) is 36.4 Å². The van der Waals surface area contributed by atoms with E-state index in [4.69, 9.17) is 0 Å². The lowest BCUT2D eigenvalue weighted by Crippen LogP contribution is -2.30. The predicted molar refractivity (Wildman–Crippen MR) is 194 cm³/mol. The second-order valence-electron chi connectivity index (χ2n) is 18.2. The van der Waals surface area contributed by atoms with Crippen LogP contribution in [0.1, 0.15) is 145 Å². The minimum atomic E-state index is -0.390. The van der Waals surface area contributed by atoms with Gasteiger partial charge in [-0.1, -0.05) is 41.5 Å².